The van der Waals surface area contributed by atoms with Crippen LogP contribution in [0.4, 0.5) is 5.69 Å². The van der Waals surface area contributed by atoms with E-state index >= 15 is 0 Å². The maximum Gasteiger partial charge on any atom is 0.494 e. The number of hydrogen-bond donors (Lipinski definition) is 1. The van der Waals surface area contributed by atoms with E-state index in [1.807, 2.05) is 0 Å². The van der Waals surface area contributed by atoms with E-state index in [4.69, 9.17) is 9.31 Å². The third kappa shape index (κ3) is 1.85. The quantitative estimate of drug-likeness (QED) is 0.623. The predicted octanol–water partition coefficient (Wildman–Crippen LogP) is 2.56. The Morgan fingerprint density at radius 1 is 1.17 bits per heavy atom. The third-order valence-electron chi connectivity index (χ3n) is 4.06. The van der Waals surface area contributed by atoms with E-state index in [9.17, 15) is 0 Å². The first-order valence-electron chi connectivity index (χ1n) is 6.25. The Kier molecular flexibility index (Phi) is 2.70. The van der Waals surface area contributed by atoms with Gasteiger partial charge in [0.1, 0.15) is 0 Å². The molecule has 1 saturated heterocycles. The molecule has 3 nitrogen and oxygen atoms in total. The fourth-order valence-electron chi connectivity index (χ4n) is 2.15. The monoisotopic (exact) mass is 263 g/mol. The highest BCUT2D eigenvalue weighted by atomic mass is 32.2. The summed E-state index contributed by atoms with van der Waals surface area (Å²) in [5.74, 6) is 1.00. The molecule has 3 rings (SSSR count). The molecule has 1 N–H and O–H groups in total. The van der Waals surface area contributed by atoms with Crippen molar-refractivity contribution in [1.29, 1.82) is 0 Å². The number of nitrogens with one attached hydrogen (secondary N) is 1. The number of hydrogen-bond acceptors (Lipinski definition) is 4. The fourth-order valence-corrected chi connectivity index (χ4v) is 2.97. The molecule has 0 unspecified atom stereocenters. The van der Waals surface area contributed by atoms with Crippen molar-refractivity contribution < 1.29 is 9.31 Å². The number of benzene rings is 1. The van der Waals surface area contributed by atoms with Crippen LogP contribution in [0.2, 0.25) is 0 Å². The minimum absolute atomic E-state index is 0.258. The minimum Gasteiger partial charge on any atom is -0.399 e. The van der Waals surface area contributed by atoms with Crippen LogP contribution in [0.5, 0.6) is 0 Å². The predicted molar refractivity (Wildman–Crippen MR) is 77.1 cm³/mol. The van der Waals surface area contributed by atoms with Crippen LogP contribution in [0.3, 0.4) is 0 Å². The van der Waals surface area contributed by atoms with Crippen LogP contribution in [0.1, 0.15) is 33.3 Å². The van der Waals surface area contributed by atoms with Gasteiger partial charge in [-0.25, -0.2) is 0 Å². The fraction of sp³-hybridized carbons (Fsp3) is 0.538. The molecular weight excluding hydrogens is 245 g/mol. The van der Waals surface area contributed by atoms with E-state index < -0.39 is 0 Å². The van der Waals surface area contributed by atoms with E-state index in [0.29, 0.717) is 0 Å². The minimum atomic E-state index is -0.274. The largest absolute Gasteiger partial charge is 0.494 e. The summed E-state index contributed by atoms with van der Waals surface area (Å²) in [7, 11) is -0.258. The van der Waals surface area contributed by atoms with Gasteiger partial charge in [-0.15, -0.1) is 0 Å². The Labute approximate surface area is 113 Å². The van der Waals surface area contributed by atoms with Gasteiger partial charge in [-0.2, -0.15) is 0 Å². The van der Waals surface area contributed by atoms with Crippen LogP contribution in [0.15, 0.2) is 18.2 Å². The number of rotatable bonds is 1. The summed E-state index contributed by atoms with van der Waals surface area (Å²) in [4.78, 5) is 0. The van der Waals surface area contributed by atoms with Crippen molar-refractivity contribution in [3.05, 3.63) is 23.8 Å². The molecule has 2 heterocycles. The molecule has 1 aromatic carbocycles. The van der Waals surface area contributed by atoms with E-state index in [-0.39, 0.29) is 18.3 Å². The summed E-state index contributed by atoms with van der Waals surface area (Å²) in [5.41, 5.74) is 3.09. The second-order valence-electron chi connectivity index (χ2n) is 5.90. The second kappa shape index (κ2) is 3.92. The van der Waals surface area contributed by atoms with Gasteiger partial charge in [0.2, 0.25) is 0 Å². The zero-order valence-corrected chi connectivity index (χ0v) is 12.1. The van der Waals surface area contributed by atoms with Gasteiger partial charge in [0.25, 0.3) is 0 Å². The molecule has 96 valence electrons. The van der Waals surface area contributed by atoms with Crippen LogP contribution in [0.25, 0.3) is 0 Å². The highest BCUT2D eigenvalue weighted by Crippen LogP contribution is 2.37. The van der Waals surface area contributed by atoms with Crippen molar-refractivity contribution in [3.63, 3.8) is 0 Å². The lowest BCUT2D eigenvalue weighted by molar-refractivity contribution is 0.00578. The third-order valence-corrected chi connectivity index (χ3v) is 4.88. The zero-order valence-electron chi connectivity index (χ0n) is 11.2. The van der Waals surface area contributed by atoms with Crippen LogP contribution in [-0.4, -0.2) is 18.3 Å². The van der Waals surface area contributed by atoms with Crippen LogP contribution in [-0.2, 0) is 15.1 Å². The molecule has 1 aromatic rings. The summed E-state index contributed by atoms with van der Waals surface area (Å²) in [5, 5.41) is 0. The molecular formula is C13H18BNO2S. The average Bonchev–Trinajstić information content (AvgIpc) is 2.80. The van der Waals surface area contributed by atoms with Gasteiger partial charge in [0.05, 0.1) is 11.2 Å². The first-order chi connectivity index (χ1) is 8.39. The van der Waals surface area contributed by atoms with Gasteiger partial charge < -0.3 is 14.0 Å². The van der Waals surface area contributed by atoms with Gasteiger partial charge >= 0.3 is 7.12 Å². The summed E-state index contributed by atoms with van der Waals surface area (Å²) in [6.07, 6.45) is 0. The molecule has 0 atom stereocenters. The van der Waals surface area contributed by atoms with Crippen LogP contribution >= 0.6 is 11.9 Å². The summed E-state index contributed by atoms with van der Waals surface area (Å²) >= 11 is 1.72. The van der Waals surface area contributed by atoms with Gasteiger partial charge in [-0.3, -0.25) is 0 Å². The van der Waals surface area contributed by atoms with Crippen molar-refractivity contribution in [3.8, 4) is 0 Å². The van der Waals surface area contributed by atoms with Crippen molar-refractivity contribution in [2.45, 2.75) is 44.6 Å². The van der Waals surface area contributed by atoms with E-state index in [1.54, 1.807) is 11.9 Å². The Morgan fingerprint density at radius 2 is 1.83 bits per heavy atom. The van der Waals surface area contributed by atoms with E-state index in [1.165, 1.54) is 11.3 Å². The molecule has 18 heavy (non-hydrogen) atoms. The molecule has 0 aliphatic carbocycles. The van der Waals surface area contributed by atoms with Crippen molar-refractivity contribution in [2.75, 3.05) is 4.72 Å². The lowest BCUT2D eigenvalue weighted by Crippen LogP contribution is -2.41. The lowest BCUT2D eigenvalue weighted by Gasteiger charge is -2.32. The highest BCUT2D eigenvalue weighted by molar-refractivity contribution is 8.00. The maximum absolute atomic E-state index is 6.06. The summed E-state index contributed by atoms with van der Waals surface area (Å²) < 4.78 is 15.4. The zero-order chi connectivity index (χ0) is 13.0. The van der Waals surface area contributed by atoms with E-state index in [0.717, 1.165) is 11.2 Å². The molecule has 0 saturated carbocycles. The molecule has 2 aliphatic heterocycles. The number of anilines is 1. The van der Waals surface area contributed by atoms with Gasteiger partial charge in [0.15, 0.2) is 0 Å². The molecule has 2 aliphatic rings. The molecule has 0 aromatic heterocycles. The average molecular weight is 263 g/mol. The first kappa shape index (κ1) is 12.4. The van der Waals surface area contributed by atoms with Crippen LogP contribution in [0, 0.1) is 0 Å². The first-order valence-corrected chi connectivity index (χ1v) is 7.24. The highest BCUT2D eigenvalue weighted by Gasteiger charge is 2.51. The van der Waals surface area contributed by atoms with E-state index in [2.05, 4.69) is 50.6 Å². The second-order valence-corrected chi connectivity index (χ2v) is 6.68. The van der Waals surface area contributed by atoms with Crippen molar-refractivity contribution in [1.82, 2.24) is 0 Å². The molecule has 0 radical (unpaired) electrons. The van der Waals surface area contributed by atoms with Crippen molar-refractivity contribution >= 4 is 30.2 Å². The summed E-state index contributed by atoms with van der Waals surface area (Å²) in [6.45, 7) is 8.32. The maximum atomic E-state index is 6.06. The van der Waals surface area contributed by atoms with Gasteiger partial charge in [-0.1, -0.05) is 12.1 Å². The van der Waals surface area contributed by atoms with Gasteiger partial charge in [-0.05, 0) is 56.7 Å². The van der Waals surface area contributed by atoms with Crippen molar-refractivity contribution in [2.24, 2.45) is 0 Å². The Balaban J connectivity index is 1.89. The molecule has 5 heteroatoms. The van der Waals surface area contributed by atoms with Gasteiger partial charge in [0, 0.05) is 11.4 Å². The lowest BCUT2D eigenvalue weighted by atomic mass is 9.78. The Morgan fingerprint density at radius 3 is 2.50 bits per heavy atom. The molecule has 0 bridgehead atoms. The Bertz CT molecular complexity index is 474. The SMILES string of the molecule is CC1(C)OB(c2ccc3c(c2)CSN3)OC1(C)C. The number of fused-ring (bicyclic) bond motifs is 1. The topological polar surface area (TPSA) is 30.5 Å². The summed E-state index contributed by atoms with van der Waals surface area (Å²) in [6, 6.07) is 6.38. The standard InChI is InChI=1S/C13H18BNO2S/c1-12(2)13(3,4)17-14(16-12)10-5-6-11-9(7-10)8-18-15-11/h5-7,15H,8H2,1-4H3. The molecule has 0 spiro atoms. The normalized spacial score (nSPS) is 23.9. The molecule has 1 fully saturated rings. The van der Waals surface area contributed by atoms with Crippen LogP contribution < -0.4 is 10.2 Å². The Hall–Kier alpha value is -0.645. The molecule has 0 amide bonds. The smallest absolute Gasteiger partial charge is 0.399 e.